The Hall–Kier alpha value is -2.94. The Morgan fingerprint density at radius 3 is 2.57 bits per heavy atom. The van der Waals surface area contributed by atoms with E-state index in [-0.39, 0.29) is 24.6 Å². The first-order chi connectivity index (χ1) is 14.3. The van der Waals surface area contributed by atoms with Crippen LogP contribution in [-0.4, -0.2) is 31.2 Å². The van der Waals surface area contributed by atoms with Crippen LogP contribution >= 0.6 is 15.9 Å². The lowest BCUT2D eigenvalue weighted by Crippen LogP contribution is -2.21. The van der Waals surface area contributed by atoms with Gasteiger partial charge in [0.2, 0.25) is 11.8 Å². The molecule has 0 aliphatic heterocycles. The molecule has 0 unspecified atom stereocenters. The van der Waals surface area contributed by atoms with Crippen LogP contribution in [0.2, 0.25) is 0 Å². The zero-order chi connectivity index (χ0) is 22.1. The molecule has 0 heterocycles. The number of hydrazone groups is 1. The molecule has 2 aromatic rings. The molecule has 0 saturated carbocycles. The monoisotopic (exact) mass is 479 g/mol. The molecule has 30 heavy (non-hydrogen) atoms. The van der Waals surface area contributed by atoms with Gasteiger partial charge in [0.1, 0.15) is 5.82 Å². The number of ether oxygens (including phenoxy) is 2. The Balaban J connectivity index is 1.87. The standard InChI is InChI=1S/C21H23BrFN3O4/c1-13(2)30-21-15(22)10-14(11-18(21)29-3)12-24-26-20(28)9-8-19(27)25-17-7-5-4-6-16(17)23/h4-7,10-13H,8-9H2,1-3H3,(H,25,27)(H,26,28). The Labute approximate surface area is 182 Å². The minimum atomic E-state index is -0.536. The summed E-state index contributed by atoms with van der Waals surface area (Å²) in [4.78, 5) is 23.7. The molecule has 0 aromatic heterocycles. The van der Waals surface area contributed by atoms with Gasteiger partial charge >= 0.3 is 0 Å². The van der Waals surface area contributed by atoms with E-state index in [1.807, 2.05) is 13.8 Å². The highest BCUT2D eigenvalue weighted by atomic mass is 79.9. The quantitative estimate of drug-likeness (QED) is 0.415. The maximum Gasteiger partial charge on any atom is 0.240 e. The van der Waals surface area contributed by atoms with Crippen LogP contribution in [0.25, 0.3) is 0 Å². The Kier molecular flexibility index (Phi) is 8.79. The van der Waals surface area contributed by atoms with Crippen molar-refractivity contribution >= 4 is 39.6 Å². The van der Waals surface area contributed by atoms with Gasteiger partial charge in [-0.15, -0.1) is 0 Å². The van der Waals surface area contributed by atoms with Crippen LogP contribution in [0.5, 0.6) is 11.5 Å². The predicted molar refractivity (Wildman–Crippen MR) is 116 cm³/mol. The highest BCUT2D eigenvalue weighted by Gasteiger charge is 2.13. The van der Waals surface area contributed by atoms with Gasteiger partial charge in [0, 0.05) is 12.8 Å². The zero-order valence-corrected chi connectivity index (χ0v) is 18.5. The molecule has 0 aliphatic rings. The molecule has 0 atom stereocenters. The van der Waals surface area contributed by atoms with Crippen molar-refractivity contribution in [1.82, 2.24) is 5.43 Å². The molecule has 7 nitrogen and oxygen atoms in total. The fourth-order valence-electron chi connectivity index (χ4n) is 2.40. The van der Waals surface area contributed by atoms with Gasteiger partial charge in [-0.1, -0.05) is 12.1 Å². The predicted octanol–water partition coefficient (Wildman–Crippen LogP) is 4.25. The first-order valence-electron chi connectivity index (χ1n) is 9.20. The number of nitrogens with one attached hydrogen (secondary N) is 2. The molecular formula is C21H23BrFN3O4. The van der Waals surface area contributed by atoms with Gasteiger partial charge in [-0.25, -0.2) is 9.82 Å². The van der Waals surface area contributed by atoms with Gasteiger partial charge < -0.3 is 14.8 Å². The lowest BCUT2D eigenvalue weighted by Gasteiger charge is -2.15. The summed E-state index contributed by atoms with van der Waals surface area (Å²) < 4.78 is 25.3. The number of amides is 2. The Morgan fingerprint density at radius 1 is 1.20 bits per heavy atom. The second kappa shape index (κ2) is 11.3. The largest absolute Gasteiger partial charge is 0.493 e. The molecule has 0 bridgehead atoms. The van der Waals surface area contributed by atoms with E-state index in [1.165, 1.54) is 31.5 Å². The Morgan fingerprint density at radius 2 is 1.90 bits per heavy atom. The number of carbonyl (C=O) groups excluding carboxylic acids is 2. The summed E-state index contributed by atoms with van der Waals surface area (Å²) >= 11 is 3.44. The minimum Gasteiger partial charge on any atom is -0.493 e. The van der Waals surface area contributed by atoms with E-state index in [0.717, 1.165) is 0 Å². The van der Waals surface area contributed by atoms with Gasteiger partial charge in [0.25, 0.3) is 0 Å². The normalized spacial score (nSPS) is 10.9. The SMILES string of the molecule is COc1cc(C=NNC(=O)CCC(=O)Nc2ccccc2F)cc(Br)c1OC(C)C. The van der Waals surface area contributed by atoms with E-state index in [2.05, 4.69) is 31.8 Å². The third kappa shape index (κ3) is 7.14. The van der Waals surface area contributed by atoms with E-state index < -0.39 is 17.6 Å². The number of para-hydroxylation sites is 1. The summed E-state index contributed by atoms with van der Waals surface area (Å²) in [5.41, 5.74) is 3.10. The minimum absolute atomic E-state index is 0.0235. The van der Waals surface area contributed by atoms with Crippen molar-refractivity contribution < 1.29 is 23.5 Å². The van der Waals surface area contributed by atoms with Crippen molar-refractivity contribution in [3.05, 3.63) is 52.3 Å². The number of benzene rings is 2. The van der Waals surface area contributed by atoms with Crippen molar-refractivity contribution in [1.29, 1.82) is 0 Å². The van der Waals surface area contributed by atoms with Crippen molar-refractivity contribution in [2.75, 3.05) is 12.4 Å². The van der Waals surface area contributed by atoms with E-state index in [1.54, 1.807) is 18.2 Å². The van der Waals surface area contributed by atoms with E-state index in [9.17, 15) is 14.0 Å². The molecule has 0 aliphatic carbocycles. The van der Waals surface area contributed by atoms with Gasteiger partial charge in [0.05, 0.1) is 29.6 Å². The van der Waals surface area contributed by atoms with E-state index in [0.29, 0.717) is 21.5 Å². The molecule has 0 spiro atoms. The number of carbonyl (C=O) groups is 2. The highest BCUT2D eigenvalue weighted by Crippen LogP contribution is 2.36. The molecule has 2 rings (SSSR count). The molecular weight excluding hydrogens is 457 g/mol. The smallest absolute Gasteiger partial charge is 0.240 e. The van der Waals surface area contributed by atoms with Crippen molar-refractivity contribution in [2.24, 2.45) is 5.10 Å². The molecule has 2 amide bonds. The van der Waals surface area contributed by atoms with Crippen LogP contribution in [0.4, 0.5) is 10.1 Å². The highest BCUT2D eigenvalue weighted by molar-refractivity contribution is 9.10. The molecule has 160 valence electrons. The van der Waals surface area contributed by atoms with Gasteiger partial charge in [-0.05, 0) is 59.6 Å². The topological polar surface area (TPSA) is 89.0 Å². The number of hydrogen-bond acceptors (Lipinski definition) is 5. The maximum absolute atomic E-state index is 13.5. The molecule has 2 aromatic carbocycles. The fraction of sp³-hybridized carbons (Fsp3) is 0.286. The second-order valence-corrected chi connectivity index (χ2v) is 7.38. The maximum atomic E-state index is 13.5. The lowest BCUT2D eigenvalue weighted by atomic mass is 10.2. The van der Waals surface area contributed by atoms with Crippen LogP contribution in [0.15, 0.2) is 46.0 Å². The van der Waals surface area contributed by atoms with Crippen molar-refractivity contribution in [3.8, 4) is 11.5 Å². The number of rotatable bonds is 9. The summed E-state index contributed by atoms with van der Waals surface area (Å²) in [6.07, 6.45) is 1.23. The number of nitrogens with zero attached hydrogens (tertiary/aromatic N) is 1. The van der Waals surface area contributed by atoms with Gasteiger partial charge in [-0.3, -0.25) is 9.59 Å². The summed E-state index contributed by atoms with van der Waals surface area (Å²) in [6.45, 7) is 3.82. The van der Waals surface area contributed by atoms with E-state index >= 15 is 0 Å². The first kappa shape index (κ1) is 23.3. The second-order valence-electron chi connectivity index (χ2n) is 6.52. The molecule has 0 radical (unpaired) electrons. The summed E-state index contributed by atoms with van der Waals surface area (Å²) in [5.74, 6) is -0.342. The molecule has 2 N–H and O–H groups in total. The number of hydrogen-bond donors (Lipinski definition) is 2. The van der Waals surface area contributed by atoms with Crippen LogP contribution in [-0.2, 0) is 9.59 Å². The average Bonchev–Trinajstić information content (AvgIpc) is 2.69. The third-order valence-corrected chi connectivity index (χ3v) is 4.32. The van der Waals surface area contributed by atoms with Crippen LogP contribution < -0.4 is 20.2 Å². The van der Waals surface area contributed by atoms with Crippen LogP contribution in [0.1, 0.15) is 32.3 Å². The van der Waals surface area contributed by atoms with Crippen molar-refractivity contribution in [3.63, 3.8) is 0 Å². The van der Waals surface area contributed by atoms with Crippen LogP contribution in [0.3, 0.4) is 0 Å². The fourth-order valence-corrected chi connectivity index (χ4v) is 2.95. The summed E-state index contributed by atoms with van der Waals surface area (Å²) in [6, 6.07) is 9.31. The lowest BCUT2D eigenvalue weighted by molar-refractivity contribution is -0.124. The van der Waals surface area contributed by atoms with Gasteiger partial charge in [-0.2, -0.15) is 5.10 Å². The van der Waals surface area contributed by atoms with Crippen molar-refractivity contribution in [2.45, 2.75) is 32.8 Å². The first-order valence-corrected chi connectivity index (χ1v) is 10.00. The third-order valence-electron chi connectivity index (χ3n) is 3.74. The summed E-state index contributed by atoms with van der Waals surface area (Å²) in [7, 11) is 1.53. The molecule has 0 fully saturated rings. The number of halogens is 2. The van der Waals surface area contributed by atoms with E-state index in [4.69, 9.17) is 9.47 Å². The van der Waals surface area contributed by atoms with Crippen LogP contribution in [0, 0.1) is 5.82 Å². The number of methoxy groups -OCH3 is 1. The summed E-state index contributed by atoms with van der Waals surface area (Å²) in [5, 5.41) is 6.31. The zero-order valence-electron chi connectivity index (χ0n) is 16.9. The average molecular weight is 480 g/mol. The van der Waals surface area contributed by atoms with Gasteiger partial charge in [0.15, 0.2) is 11.5 Å². The molecule has 9 heteroatoms. The Bertz CT molecular complexity index is 934. The molecule has 0 saturated heterocycles. The number of anilines is 1.